The molecule has 3 heteroatoms. The molecule has 1 aromatic heterocycles. The number of hydrogen-bond acceptors (Lipinski definition) is 3. The van der Waals surface area contributed by atoms with Gasteiger partial charge in [-0.25, -0.2) is 4.98 Å². The molecule has 66 valence electrons. The van der Waals surface area contributed by atoms with Crippen LogP contribution in [0.3, 0.4) is 0 Å². The lowest BCUT2D eigenvalue weighted by Gasteiger charge is -2.08. The first-order valence-electron chi connectivity index (χ1n) is 4.18. The lowest BCUT2D eigenvalue weighted by molar-refractivity contribution is 0.676. The van der Waals surface area contributed by atoms with Crippen LogP contribution >= 0.6 is 0 Å². The van der Waals surface area contributed by atoms with Gasteiger partial charge in [-0.05, 0) is 18.6 Å². The Morgan fingerprint density at radius 1 is 1.58 bits per heavy atom. The van der Waals surface area contributed by atoms with Gasteiger partial charge >= 0.3 is 0 Å². The lowest BCUT2D eigenvalue weighted by Crippen LogP contribution is -2.11. The zero-order chi connectivity index (χ0) is 8.97. The minimum atomic E-state index is 0.0540. The molecule has 1 aromatic rings. The van der Waals surface area contributed by atoms with E-state index in [4.69, 9.17) is 5.73 Å². The van der Waals surface area contributed by atoms with Crippen LogP contribution < -0.4 is 11.1 Å². The van der Waals surface area contributed by atoms with Crippen molar-refractivity contribution >= 4 is 5.82 Å². The Labute approximate surface area is 73.0 Å². The molecule has 0 aliphatic carbocycles. The van der Waals surface area contributed by atoms with E-state index in [9.17, 15) is 0 Å². The number of rotatable bonds is 3. The van der Waals surface area contributed by atoms with Gasteiger partial charge in [-0.3, -0.25) is 0 Å². The molecule has 0 aliphatic rings. The highest BCUT2D eigenvalue weighted by molar-refractivity contribution is 5.34. The second kappa shape index (κ2) is 4.07. The summed E-state index contributed by atoms with van der Waals surface area (Å²) in [5.74, 6) is 0.872. The van der Waals surface area contributed by atoms with Crippen molar-refractivity contribution in [3.63, 3.8) is 0 Å². The Kier molecular flexibility index (Phi) is 3.05. The first kappa shape index (κ1) is 9.00. The predicted octanol–water partition coefficient (Wildman–Crippen LogP) is 1.53. The molecule has 1 atom stereocenters. The maximum atomic E-state index is 5.83. The normalized spacial score (nSPS) is 12.6. The molecular formula is C9H15N3. The van der Waals surface area contributed by atoms with Crippen LogP contribution in [0.15, 0.2) is 18.2 Å². The quantitative estimate of drug-likeness (QED) is 0.714. The highest BCUT2D eigenvalue weighted by Gasteiger charge is 2.03. The Morgan fingerprint density at radius 3 is 2.92 bits per heavy atom. The van der Waals surface area contributed by atoms with E-state index >= 15 is 0 Å². The van der Waals surface area contributed by atoms with Crippen LogP contribution in [-0.4, -0.2) is 12.0 Å². The van der Waals surface area contributed by atoms with E-state index in [1.54, 1.807) is 0 Å². The summed E-state index contributed by atoms with van der Waals surface area (Å²) in [4.78, 5) is 4.33. The summed E-state index contributed by atoms with van der Waals surface area (Å²) in [7, 11) is 1.85. The molecule has 0 fully saturated rings. The van der Waals surface area contributed by atoms with Gasteiger partial charge in [0.25, 0.3) is 0 Å². The Hall–Kier alpha value is -1.09. The van der Waals surface area contributed by atoms with Crippen molar-refractivity contribution in [2.45, 2.75) is 19.4 Å². The number of hydrogen-bond donors (Lipinski definition) is 2. The van der Waals surface area contributed by atoms with Crippen LogP contribution in [0.2, 0.25) is 0 Å². The van der Waals surface area contributed by atoms with Gasteiger partial charge in [0.1, 0.15) is 5.82 Å². The molecule has 0 saturated carbocycles. The highest BCUT2D eigenvalue weighted by atomic mass is 15.0. The van der Waals surface area contributed by atoms with E-state index in [0.717, 1.165) is 17.9 Å². The molecule has 3 nitrogen and oxygen atoms in total. The number of nitrogens with one attached hydrogen (secondary N) is 1. The maximum Gasteiger partial charge on any atom is 0.126 e. The standard InChI is InChI=1S/C9H15N3/c1-3-7(10)8-5-4-6-9(11-2)12-8/h4-7H,3,10H2,1-2H3,(H,11,12). The van der Waals surface area contributed by atoms with Crippen molar-refractivity contribution in [1.82, 2.24) is 4.98 Å². The number of nitrogens with zero attached hydrogens (tertiary/aromatic N) is 1. The summed E-state index contributed by atoms with van der Waals surface area (Å²) >= 11 is 0. The van der Waals surface area contributed by atoms with Crippen LogP contribution in [-0.2, 0) is 0 Å². The van der Waals surface area contributed by atoms with Crippen LogP contribution in [0.5, 0.6) is 0 Å². The van der Waals surface area contributed by atoms with Gasteiger partial charge in [0.05, 0.1) is 5.69 Å². The van der Waals surface area contributed by atoms with Gasteiger partial charge in [-0.15, -0.1) is 0 Å². The van der Waals surface area contributed by atoms with Crippen molar-refractivity contribution in [1.29, 1.82) is 0 Å². The van der Waals surface area contributed by atoms with E-state index in [1.807, 2.05) is 25.2 Å². The largest absolute Gasteiger partial charge is 0.373 e. The Bertz CT molecular complexity index is 247. The Morgan fingerprint density at radius 2 is 2.33 bits per heavy atom. The molecule has 0 aromatic carbocycles. The number of anilines is 1. The van der Waals surface area contributed by atoms with Crippen LogP contribution in [0.4, 0.5) is 5.82 Å². The zero-order valence-corrected chi connectivity index (χ0v) is 7.54. The van der Waals surface area contributed by atoms with Crippen LogP contribution in [0.1, 0.15) is 25.1 Å². The molecule has 0 spiro atoms. The van der Waals surface area contributed by atoms with E-state index in [1.165, 1.54) is 0 Å². The predicted molar refractivity (Wildman–Crippen MR) is 51.0 cm³/mol. The summed E-state index contributed by atoms with van der Waals surface area (Å²) in [6.07, 6.45) is 0.917. The first-order valence-corrected chi connectivity index (χ1v) is 4.18. The smallest absolute Gasteiger partial charge is 0.126 e. The second-order valence-corrected chi connectivity index (χ2v) is 2.71. The lowest BCUT2D eigenvalue weighted by atomic mass is 10.1. The zero-order valence-electron chi connectivity index (χ0n) is 7.54. The number of pyridine rings is 1. The topological polar surface area (TPSA) is 50.9 Å². The van der Waals surface area contributed by atoms with Crippen LogP contribution in [0, 0.1) is 0 Å². The van der Waals surface area contributed by atoms with Gasteiger partial charge in [-0.2, -0.15) is 0 Å². The fourth-order valence-corrected chi connectivity index (χ4v) is 1.01. The third kappa shape index (κ3) is 1.95. The van der Waals surface area contributed by atoms with E-state index in [2.05, 4.69) is 17.2 Å². The van der Waals surface area contributed by atoms with Crippen molar-refractivity contribution < 1.29 is 0 Å². The monoisotopic (exact) mass is 165 g/mol. The maximum absolute atomic E-state index is 5.83. The average Bonchev–Trinajstić information content (AvgIpc) is 2.17. The molecule has 0 bridgehead atoms. The Balaban J connectivity index is 2.86. The molecule has 0 amide bonds. The molecule has 1 heterocycles. The average molecular weight is 165 g/mol. The minimum absolute atomic E-state index is 0.0540. The molecule has 1 unspecified atom stereocenters. The van der Waals surface area contributed by atoms with Gasteiger partial charge in [0, 0.05) is 13.1 Å². The summed E-state index contributed by atoms with van der Waals surface area (Å²) in [6.45, 7) is 2.05. The van der Waals surface area contributed by atoms with Gasteiger partial charge in [0.2, 0.25) is 0 Å². The molecule has 0 radical (unpaired) electrons. The van der Waals surface area contributed by atoms with Crippen molar-refractivity contribution in [3.05, 3.63) is 23.9 Å². The third-order valence-corrected chi connectivity index (χ3v) is 1.85. The second-order valence-electron chi connectivity index (χ2n) is 2.71. The fourth-order valence-electron chi connectivity index (χ4n) is 1.01. The number of nitrogens with two attached hydrogens (primary N) is 1. The summed E-state index contributed by atoms with van der Waals surface area (Å²) in [6, 6.07) is 5.89. The van der Waals surface area contributed by atoms with Crippen molar-refractivity contribution in [2.75, 3.05) is 12.4 Å². The summed E-state index contributed by atoms with van der Waals surface area (Å²) < 4.78 is 0. The van der Waals surface area contributed by atoms with E-state index < -0.39 is 0 Å². The van der Waals surface area contributed by atoms with Crippen molar-refractivity contribution in [2.24, 2.45) is 5.73 Å². The summed E-state index contributed by atoms with van der Waals surface area (Å²) in [5, 5.41) is 2.98. The molecule has 3 N–H and O–H groups in total. The molecule has 0 aliphatic heterocycles. The minimum Gasteiger partial charge on any atom is -0.373 e. The molecule has 0 saturated heterocycles. The van der Waals surface area contributed by atoms with Crippen molar-refractivity contribution in [3.8, 4) is 0 Å². The first-order chi connectivity index (χ1) is 5.77. The van der Waals surface area contributed by atoms with Gasteiger partial charge in [-0.1, -0.05) is 13.0 Å². The highest BCUT2D eigenvalue weighted by Crippen LogP contribution is 2.12. The fraction of sp³-hybridized carbons (Fsp3) is 0.444. The van der Waals surface area contributed by atoms with Gasteiger partial charge < -0.3 is 11.1 Å². The summed E-state index contributed by atoms with van der Waals surface area (Å²) in [5.41, 5.74) is 6.78. The van der Waals surface area contributed by atoms with E-state index in [0.29, 0.717) is 0 Å². The molecule has 1 rings (SSSR count). The molecular weight excluding hydrogens is 150 g/mol. The third-order valence-electron chi connectivity index (χ3n) is 1.85. The van der Waals surface area contributed by atoms with Gasteiger partial charge in [0.15, 0.2) is 0 Å². The van der Waals surface area contributed by atoms with E-state index in [-0.39, 0.29) is 6.04 Å². The molecule has 12 heavy (non-hydrogen) atoms. The SMILES string of the molecule is CCC(N)c1cccc(NC)n1. The van der Waals surface area contributed by atoms with Crippen LogP contribution in [0.25, 0.3) is 0 Å². The number of aromatic nitrogens is 1.